The minimum Gasteiger partial charge on any atom is -0.491 e. The number of carboxylic acids is 1. The first-order valence-corrected chi connectivity index (χ1v) is 6.69. The number of carbonyl (C=O) groups is 2. The van der Waals surface area contributed by atoms with Crippen LogP contribution in [-0.2, 0) is 9.59 Å². The summed E-state index contributed by atoms with van der Waals surface area (Å²) in [5.74, 6) is -1.31. The molecule has 0 heterocycles. The number of hydrogen-bond donors (Lipinski definition) is 2. The summed E-state index contributed by atoms with van der Waals surface area (Å²) in [4.78, 5) is 22.4. The third kappa shape index (κ3) is 5.09. The summed E-state index contributed by atoms with van der Waals surface area (Å²) < 4.78 is 5.39. The van der Waals surface area contributed by atoms with Gasteiger partial charge in [0, 0.05) is 6.04 Å². The molecule has 1 amide bonds. The van der Waals surface area contributed by atoms with E-state index in [0.29, 0.717) is 10.8 Å². The lowest BCUT2D eigenvalue weighted by Gasteiger charge is -2.17. The lowest BCUT2D eigenvalue weighted by Crippen LogP contribution is -2.40. The molecule has 0 saturated heterocycles. The normalized spacial score (nSPS) is 13.3. The quantitative estimate of drug-likeness (QED) is 0.810. The maximum Gasteiger partial charge on any atom is 0.308 e. The molecule has 0 radical (unpaired) electrons. The zero-order valence-corrected chi connectivity index (χ0v) is 12.2. The Balaban J connectivity index is 2.34. The fraction of sp³-hybridized carbons (Fsp3) is 0.429. The number of aliphatic carboxylic acids is 1. The number of carboxylic acid groups (broad SMARTS) is 1. The van der Waals surface area contributed by atoms with Crippen LogP contribution in [0.25, 0.3) is 0 Å². The number of halogens is 1. The second kappa shape index (κ2) is 7.75. The summed E-state index contributed by atoms with van der Waals surface area (Å²) in [6.45, 7) is 3.39. The average Bonchev–Trinajstić information content (AvgIpc) is 2.39. The number of rotatable bonds is 7. The number of benzene rings is 1. The summed E-state index contributed by atoms with van der Waals surface area (Å²) in [7, 11) is 0. The summed E-state index contributed by atoms with van der Waals surface area (Å²) >= 11 is 5.91. The van der Waals surface area contributed by atoms with Crippen molar-refractivity contribution in [3.05, 3.63) is 29.3 Å². The molecule has 2 N–H and O–H groups in total. The van der Waals surface area contributed by atoms with Crippen molar-refractivity contribution in [1.82, 2.24) is 5.32 Å². The molecule has 2 atom stereocenters. The van der Waals surface area contributed by atoms with E-state index in [1.54, 1.807) is 38.1 Å². The SMILES string of the molecule is CC(NC(=O)CCOc1ccccc1Cl)C(C)C(=O)O. The molecule has 20 heavy (non-hydrogen) atoms. The molecule has 0 saturated carbocycles. The summed E-state index contributed by atoms with van der Waals surface area (Å²) in [6.07, 6.45) is 0.141. The second-order valence-electron chi connectivity index (χ2n) is 4.51. The first kappa shape index (κ1) is 16.3. The molecular weight excluding hydrogens is 282 g/mol. The van der Waals surface area contributed by atoms with Gasteiger partial charge < -0.3 is 15.2 Å². The van der Waals surface area contributed by atoms with Crippen molar-refractivity contribution >= 4 is 23.5 Å². The minimum atomic E-state index is -0.940. The minimum absolute atomic E-state index is 0.141. The molecule has 1 rings (SSSR count). The van der Waals surface area contributed by atoms with E-state index in [1.165, 1.54) is 0 Å². The van der Waals surface area contributed by atoms with Gasteiger partial charge in [-0.05, 0) is 26.0 Å². The van der Waals surface area contributed by atoms with Crippen molar-refractivity contribution in [1.29, 1.82) is 0 Å². The first-order chi connectivity index (χ1) is 9.41. The molecular formula is C14H18ClNO4. The monoisotopic (exact) mass is 299 g/mol. The van der Waals surface area contributed by atoms with Gasteiger partial charge in [-0.25, -0.2) is 0 Å². The number of nitrogens with one attached hydrogen (secondary N) is 1. The van der Waals surface area contributed by atoms with Gasteiger partial charge in [0.1, 0.15) is 5.75 Å². The molecule has 0 bridgehead atoms. The van der Waals surface area contributed by atoms with E-state index in [-0.39, 0.29) is 18.9 Å². The van der Waals surface area contributed by atoms with E-state index in [0.717, 1.165) is 0 Å². The maximum atomic E-state index is 11.6. The van der Waals surface area contributed by atoms with Crippen LogP contribution in [0.5, 0.6) is 5.75 Å². The molecule has 0 aromatic heterocycles. The van der Waals surface area contributed by atoms with Gasteiger partial charge in [0.15, 0.2) is 0 Å². The summed E-state index contributed by atoms with van der Waals surface area (Å²) in [5, 5.41) is 11.9. The Morgan fingerprint density at radius 2 is 2.00 bits per heavy atom. The second-order valence-corrected chi connectivity index (χ2v) is 4.92. The van der Waals surface area contributed by atoms with Crippen molar-refractivity contribution < 1.29 is 19.4 Å². The van der Waals surface area contributed by atoms with Gasteiger partial charge in [0.05, 0.1) is 24.0 Å². The van der Waals surface area contributed by atoms with Crippen molar-refractivity contribution in [3.8, 4) is 5.75 Å². The lowest BCUT2D eigenvalue weighted by atomic mass is 10.0. The van der Waals surface area contributed by atoms with Crippen LogP contribution in [0.1, 0.15) is 20.3 Å². The molecule has 0 fully saturated rings. The van der Waals surface area contributed by atoms with E-state index in [2.05, 4.69) is 5.32 Å². The highest BCUT2D eigenvalue weighted by Crippen LogP contribution is 2.23. The topological polar surface area (TPSA) is 75.6 Å². The number of amides is 1. The van der Waals surface area contributed by atoms with Gasteiger partial charge in [-0.1, -0.05) is 23.7 Å². The Bertz CT molecular complexity index is 478. The fourth-order valence-corrected chi connectivity index (χ4v) is 1.67. The molecule has 6 heteroatoms. The Kier molecular flexibility index (Phi) is 6.31. The Morgan fingerprint density at radius 3 is 2.60 bits per heavy atom. The van der Waals surface area contributed by atoms with Gasteiger partial charge in [0.25, 0.3) is 0 Å². The molecule has 0 aliphatic rings. The van der Waals surface area contributed by atoms with Crippen LogP contribution < -0.4 is 10.1 Å². The molecule has 1 aromatic carbocycles. The number of carbonyl (C=O) groups excluding carboxylic acids is 1. The zero-order chi connectivity index (χ0) is 15.1. The predicted octanol–water partition coefficient (Wildman–Crippen LogP) is 2.33. The van der Waals surface area contributed by atoms with E-state index in [1.807, 2.05) is 0 Å². The molecule has 110 valence electrons. The van der Waals surface area contributed by atoms with E-state index >= 15 is 0 Å². The standard InChI is InChI=1S/C14H18ClNO4/c1-9(14(18)19)10(2)16-13(17)7-8-20-12-6-4-3-5-11(12)15/h3-6,9-10H,7-8H2,1-2H3,(H,16,17)(H,18,19). The van der Waals surface area contributed by atoms with Gasteiger partial charge in [0.2, 0.25) is 5.91 Å². The highest BCUT2D eigenvalue weighted by atomic mass is 35.5. The number of para-hydroxylation sites is 1. The van der Waals surface area contributed by atoms with Gasteiger partial charge in [-0.15, -0.1) is 0 Å². The van der Waals surface area contributed by atoms with Gasteiger partial charge in [-0.2, -0.15) is 0 Å². The molecule has 0 spiro atoms. The van der Waals surface area contributed by atoms with E-state index < -0.39 is 17.9 Å². The van der Waals surface area contributed by atoms with Crippen LogP contribution in [0.3, 0.4) is 0 Å². The van der Waals surface area contributed by atoms with Crippen LogP contribution in [-0.4, -0.2) is 29.6 Å². The van der Waals surface area contributed by atoms with Crippen molar-refractivity contribution in [2.45, 2.75) is 26.3 Å². The molecule has 0 aliphatic carbocycles. The lowest BCUT2D eigenvalue weighted by molar-refractivity contribution is -0.142. The molecule has 2 unspecified atom stereocenters. The van der Waals surface area contributed by atoms with Crippen LogP contribution in [0.15, 0.2) is 24.3 Å². The van der Waals surface area contributed by atoms with Crippen LogP contribution in [0.4, 0.5) is 0 Å². The third-order valence-corrected chi connectivity index (χ3v) is 3.26. The highest BCUT2D eigenvalue weighted by molar-refractivity contribution is 6.32. The Morgan fingerprint density at radius 1 is 1.35 bits per heavy atom. The van der Waals surface area contributed by atoms with E-state index in [4.69, 9.17) is 21.4 Å². The summed E-state index contributed by atoms with van der Waals surface area (Å²) in [5.41, 5.74) is 0. The van der Waals surface area contributed by atoms with Crippen LogP contribution >= 0.6 is 11.6 Å². The highest BCUT2D eigenvalue weighted by Gasteiger charge is 2.20. The van der Waals surface area contributed by atoms with Gasteiger partial charge >= 0.3 is 5.97 Å². The van der Waals surface area contributed by atoms with Crippen LogP contribution in [0, 0.1) is 5.92 Å². The first-order valence-electron chi connectivity index (χ1n) is 6.31. The Labute approximate surface area is 122 Å². The largest absolute Gasteiger partial charge is 0.491 e. The van der Waals surface area contributed by atoms with E-state index in [9.17, 15) is 9.59 Å². The average molecular weight is 300 g/mol. The Hall–Kier alpha value is -1.75. The number of hydrogen-bond acceptors (Lipinski definition) is 3. The maximum absolute atomic E-state index is 11.6. The number of ether oxygens (including phenoxy) is 1. The fourth-order valence-electron chi connectivity index (χ4n) is 1.48. The zero-order valence-electron chi connectivity index (χ0n) is 11.4. The predicted molar refractivity (Wildman–Crippen MR) is 76.0 cm³/mol. The summed E-state index contributed by atoms with van der Waals surface area (Å²) in [6, 6.07) is 6.57. The van der Waals surface area contributed by atoms with Crippen molar-refractivity contribution in [3.63, 3.8) is 0 Å². The van der Waals surface area contributed by atoms with Crippen molar-refractivity contribution in [2.75, 3.05) is 6.61 Å². The van der Waals surface area contributed by atoms with Gasteiger partial charge in [-0.3, -0.25) is 9.59 Å². The smallest absolute Gasteiger partial charge is 0.308 e. The van der Waals surface area contributed by atoms with Crippen LogP contribution in [0.2, 0.25) is 5.02 Å². The molecule has 1 aromatic rings. The molecule has 0 aliphatic heterocycles. The molecule has 5 nitrogen and oxygen atoms in total. The van der Waals surface area contributed by atoms with Crippen molar-refractivity contribution in [2.24, 2.45) is 5.92 Å². The third-order valence-electron chi connectivity index (χ3n) is 2.95.